The fourth-order valence-corrected chi connectivity index (χ4v) is 3.04. The van der Waals surface area contributed by atoms with E-state index in [1.807, 2.05) is 31.2 Å². The zero-order chi connectivity index (χ0) is 14.7. The lowest BCUT2D eigenvalue weighted by Gasteiger charge is -2.12. The molecule has 2 atom stereocenters. The molecule has 0 aliphatic heterocycles. The minimum absolute atomic E-state index is 0.0451. The Labute approximate surface area is 119 Å². The molecule has 5 heteroatoms. The Morgan fingerprint density at radius 3 is 2.45 bits per heavy atom. The quantitative estimate of drug-likeness (QED) is 0.942. The lowest BCUT2D eigenvalue weighted by atomic mass is 10.1. The Bertz CT molecular complexity index is 628. The first-order chi connectivity index (χ1) is 9.47. The zero-order valence-corrected chi connectivity index (χ0v) is 11.8. The first kappa shape index (κ1) is 14.8. The Hall–Kier alpha value is -1.59. The Kier molecular flexibility index (Phi) is 4.62. The third kappa shape index (κ3) is 3.49. The second-order valence-corrected chi connectivity index (χ2v) is 6.07. The average Bonchev–Trinajstić information content (AvgIpc) is 2.42. The fraction of sp³-hybridized carbons (Fsp3) is 0.200. The molecular formula is C15H15F2NOS. The Morgan fingerprint density at radius 1 is 1.15 bits per heavy atom. The van der Waals surface area contributed by atoms with Crippen LogP contribution in [-0.4, -0.2) is 9.96 Å². The maximum atomic E-state index is 13.5. The smallest absolute Gasteiger partial charge is 0.139 e. The molecule has 0 aliphatic rings. The summed E-state index contributed by atoms with van der Waals surface area (Å²) in [5, 5.41) is 0. The van der Waals surface area contributed by atoms with Gasteiger partial charge in [-0.15, -0.1) is 0 Å². The molecule has 2 nitrogen and oxygen atoms in total. The van der Waals surface area contributed by atoms with E-state index < -0.39 is 28.5 Å². The standard InChI is InChI=1S/C15H15F2NOS/c1-10-2-4-11(5-3-10)14(18)9-20(19)15-8-12(16)6-7-13(15)17/h2-8,14H,9,18H2,1H3. The molecule has 0 amide bonds. The van der Waals surface area contributed by atoms with Crippen LogP contribution >= 0.6 is 0 Å². The van der Waals surface area contributed by atoms with Crippen LogP contribution in [0.15, 0.2) is 47.4 Å². The maximum absolute atomic E-state index is 13.5. The second kappa shape index (κ2) is 6.24. The third-order valence-electron chi connectivity index (χ3n) is 2.97. The second-order valence-electron chi connectivity index (χ2n) is 4.60. The molecule has 20 heavy (non-hydrogen) atoms. The number of rotatable bonds is 4. The minimum Gasteiger partial charge on any atom is -0.323 e. The van der Waals surface area contributed by atoms with Crippen molar-refractivity contribution in [2.45, 2.75) is 17.9 Å². The van der Waals surface area contributed by atoms with Crippen molar-refractivity contribution < 1.29 is 13.0 Å². The van der Waals surface area contributed by atoms with E-state index in [0.29, 0.717) is 0 Å². The number of hydrogen-bond donors (Lipinski definition) is 1. The summed E-state index contributed by atoms with van der Waals surface area (Å²) >= 11 is 0. The van der Waals surface area contributed by atoms with E-state index in [4.69, 9.17) is 5.73 Å². The van der Waals surface area contributed by atoms with Gasteiger partial charge in [0.2, 0.25) is 0 Å². The van der Waals surface area contributed by atoms with Crippen LogP contribution in [0.2, 0.25) is 0 Å². The average molecular weight is 295 g/mol. The molecule has 0 fully saturated rings. The molecule has 2 unspecified atom stereocenters. The van der Waals surface area contributed by atoms with Gasteiger partial charge in [-0.25, -0.2) is 8.78 Å². The van der Waals surface area contributed by atoms with Crippen LogP contribution in [0, 0.1) is 18.6 Å². The van der Waals surface area contributed by atoms with Gasteiger partial charge in [-0.2, -0.15) is 0 Å². The van der Waals surface area contributed by atoms with E-state index in [0.717, 1.165) is 29.3 Å². The highest BCUT2D eigenvalue weighted by Crippen LogP contribution is 2.19. The molecule has 2 N–H and O–H groups in total. The highest BCUT2D eigenvalue weighted by atomic mass is 32.2. The van der Waals surface area contributed by atoms with Gasteiger partial charge in [0.05, 0.1) is 15.7 Å². The van der Waals surface area contributed by atoms with E-state index in [1.165, 1.54) is 0 Å². The number of benzene rings is 2. The first-order valence-corrected chi connectivity index (χ1v) is 7.45. The van der Waals surface area contributed by atoms with Crippen LogP contribution < -0.4 is 5.73 Å². The van der Waals surface area contributed by atoms with Gasteiger partial charge in [-0.1, -0.05) is 29.8 Å². The van der Waals surface area contributed by atoms with Crippen molar-refractivity contribution in [1.29, 1.82) is 0 Å². The molecule has 2 aromatic carbocycles. The van der Waals surface area contributed by atoms with Gasteiger partial charge in [-0.05, 0) is 30.7 Å². The molecule has 2 aromatic rings. The molecule has 2 rings (SSSR count). The van der Waals surface area contributed by atoms with Crippen molar-refractivity contribution in [3.05, 3.63) is 65.2 Å². The highest BCUT2D eigenvalue weighted by molar-refractivity contribution is 7.85. The summed E-state index contributed by atoms with van der Waals surface area (Å²) in [6.45, 7) is 1.95. The van der Waals surface area contributed by atoms with Gasteiger partial charge in [-0.3, -0.25) is 4.21 Å². The number of nitrogens with two attached hydrogens (primary N) is 1. The molecule has 0 saturated heterocycles. The van der Waals surface area contributed by atoms with Gasteiger partial charge in [0, 0.05) is 11.8 Å². The summed E-state index contributed by atoms with van der Waals surface area (Å²) in [4.78, 5) is -0.146. The molecule has 106 valence electrons. The molecule has 0 radical (unpaired) electrons. The van der Waals surface area contributed by atoms with Crippen molar-refractivity contribution in [2.75, 3.05) is 5.75 Å². The molecule has 0 aromatic heterocycles. The molecule has 0 bridgehead atoms. The van der Waals surface area contributed by atoms with Crippen LogP contribution in [0.4, 0.5) is 8.78 Å². The van der Waals surface area contributed by atoms with Gasteiger partial charge < -0.3 is 5.73 Å². The number of halogens is 2. The predicted molar refractivity (Wildman–Crippen MR) is 75.7 cm³/mol. The van der Waals surface area contributed by atoms with Crippen LogP contribution in [0.25, 0.3) is 0 Å². The first-order valence-electron chi connectivity index (χ1n) is 6.13. The third-order valence-corrected chi connectivity index (χ3v) is 4.44. The largest absolute Gasteiger partial charge is 0.323 e. The van der Waals surface area contributed by atoms with Gasteiger partial charge in [0.1, 0.15) is 11.6 Å². The van der Waals surface area contributed by atoms with E-state index in [1.54, 1.807) is 0 Å². The van der Waals surface area contributed by atoms with Crippen LogP contribution in [0.3, 0.4) is 0 Å². The zero-order valence-electron chi connectivity index (χ0n) is 11.0. The van der Waals surface area contributed by atoms with Crippen LogP contribution in [0.5, 0.6) is 0 Å². The van der Waals surface area contributed by atoms with Crippen molar-refractivity contribution in [2.24, 2.45) is 5.73 Å². The fourth-order valence-electron chi connectivity index (χ4n) is 1.81. The van der Waals surface area contributed by atoms with Crippen molar-refractivity contribution in [3.8, 4) is 0 Å². The van der Waals surface area contributed by atoms with E-state index >= 15 is 0 Å². The van der Waals surface area contributed by atoms with Crippen molar-refractivity contribution in [3.63, 3.8) is 0 Å². The highest BCUT2D eigenvalue weighted by Gasteiger charge is 2.16. The van der Waals surface area contributed by atoms with Gasteiger partial charge >= 0.3 is 0 Å². The van der Waals surface area contributed by atoms with Crippen LogP contribution in [0.1, 0.15) is 17.2 Å². The number of aryl methyl sites for hydroxylation is 1. The lowest BCUT2D eigenvalue weighted by Crippen LogP contribution is -2.19. The van der Waals surface area contributed by atoms with Gasteiger partial charge in [0.25, 0.3) is 0 Å². The summed E-state index contributed by atoms with van der Waals surface area (Å²) in [6.07, 6.45) is 0. The SMILES string of the molecule is Cc1ccc(C(N)CS(=O)c2cc(F)ccc2F)cc1. The van der Waals surface area contributed by atoms with Crippen molar-refractivity contribution in [1.82, 2.24) is 0 Å². The lowest BCUT2D eigenvalue weighted by molar-refractivity contribution is 0.571. The topological polar surface area (TPSA) is 43.1 Å². The van der Waals surface area contributed by atoms with Gasteiger partial charge in [0.15, 0.2) is 0 Å². The Morgan fingerprint density at radius 2 is 1.80 bits per heavy atom. The predicted octanol–water partition coefficient (Wildman–Crippen LogP) is 3.08. The normalized spacial score (nSPS) is 14.0. The van der Waals surface area contributed by atoms with Crippen LogP contribution in [-0.2, 0) is 10.8 Å². The summed E-state index contributed by atoms with van der Waals surface area (Å²) in [5.74, 6) is -1.25. The Balaban J connectivity index is 2.15. The summed E-state index contributed by atoms with van der Waals surface area (Å²) in [5.41, 5.74) is 7.88. The minimum atomic E-state index is -1.68. The van der Waals surface area contributed by atoms with E-state index in [-0.39, 0.29) is 10.6 Å². The summed E-state index contributed by atoms with van der Waals surface area (Å²) in [6, 6.07) is 9.93. The molecule has 0 heterocycles. The van der Waals surface area contributed by atoms with E-state index in [2.05, 4.69) is 0 Å². The molecule has 0 aliphatic carbocycles. The van der Waals surface area contributed by atoms with Crippen molar-refractivity contribution >= 4 is 10.8 Å². The maximum Gasteiger partial charge on any atom is 0.139 e. The number of hydrogen-bond acceptors (Lipinski definition) is 2. The van der Waals surface area contributed by atoms with E-state index in [9.17, 15) is 13.0 Å². The monoisotopic (exact) mass is 295 g/mol. The molecule has 0 saturated carbocycles. The summed E-state index contributed by atoms with van der Waals surface area (Å²) in [7, 11) is -1.68. The molecule has 0 spiro atoms. The molecular weight excluding hydrogens is 280 g/mol. The summed E-state index contributed by atoms with van der Waals surface area (Å²) < 4.78 is 38.7.